The number of aromatic hydroxyl groups is 1. The molecule has 1 fully saturated rings. The normalized spacial score (nSPS) is 23.8. The Morgan fingerprint density at radius 1 is 0.562 bits per heavy atom. The Kier molecular flexibility index (Phi) is 28.0. The van der Waals surface area contributed by atoms with Gasteiger partial charge in [0.2, 0.25) is 59.1 Å². The van der Waals surface area contributed by atoms with Gasteiger partial charge in [-0.25, -0.2) is 0 Å². The molecule has 0 spiro atoms. The fraction of sp³-hybridized carbons (Fsp3) is 0.638. The molecule has 26 heteroatoms. The van der Waals surface area contributed by atoms with Crippen LogP contribution in [0.2, 0.25) is 0 Å². The molecule has 0 saturated carbocycles. The number of phenolic OH excluding ortho intramolecular Hbond substituents is 1. The number of nitrogens with one attached hydrogen (secondary N) is 8. The molecule has 1 aliphatic heterocycles. The molecule has 0 aromatic heterocycles. The molecule has 1 heterocycles. The van der Waals surface area contributed by atoms with Crippen LogP contribution >= 0.6 is 0 Å². The average Bonchev–Trinajstić information content (AvgIpc) is 3.32. The Balaban J connectivity index is 2.69. The van der Waals surface area contributed by atoms with Gasteiger partial charge in [-0.05, 0) is 37.5 Å². The molecule has 0 radical (unpaired) electrons. The van der Waals surface area contributed by atoms with Crippen molar-refractivity contribution in [1.29, 1.82) is 0 Å². The minimum Gasteiger partial charge on any atom is -0.508 e. The number of hydrogen-bond donors (Lipinski definition) is 15. The monoisotopic (exact) mass is 1030 g/mol. The van der Waals surface area contributed by atoms with Gasteiger partial charge in [0.05, 0.1) is 32.2 Å². The van der Waals surface area contributed by atoms with Crippen LogP contribution in [0.4, 0.5) is 0 Å². The SMILES string of the molecule is CCCCCCCCCCCCC1CC(=O)NC(CC(N)=O)C(=O)NC(Cc2ccc(O)cc2)C(=O)NC(CC(N)=O)C(=O)NC(CO)C(=O)NC(CCC(=O)O)C(=O)NC(CO)C(=O)NC(C(C)O)C(=O)N1. The third kappa shape index (κ3) is 23.9. The van der Waals surface area contributed by atoms with Crippen LogP contribution in [0.25, 0.3) is 0 Å². The van der Waals surface area contributed by atoms with E-state index in [0.29, 0.717) is 18.4 Å². The molecule has 0 bridgehead atoms. The van der Waals surface area contributed by atoms with E-state index in [1.807, 2.05) is 0 Å². The maximum atomic E-state index is 14.1. The third-order valence-electron chi connectivity index (χ3n) is 11.8. The number of aliphatic carboxylic acids is 1. The van der Waals surface area contributed by atoms with Crippen molar-refractivity contribution in [2.75, 3.05) is 13.2 Å². The molecule has 26 nitrogen and oxygen atoms in total. The lowest BCUT2D eigenvalue weighted by molar-refractivity contribution is -0.139. The molecule has 408 valence electrons. The fourth-order valence-electron chi connectivity index (χ4n) is 7.71. The second-order valence-corrected chi connectivity index (χ2v) is 18.0. The summed E-state index contributed by atoms with van der Waals surface area (Å²) in [4.78, 5) is 146. The topological polar surface area (TPSA) is 437 Å². The zero-order valence-corrected chi connectivity index (χ0v) is 41.3. The number of hydrogen-bond acceptors (Lipinski definition) is 15. The van der Waals surface area contributed by atoms with Crippen molar-refractivity contribution in [3.05, 3.63) is 29.8 Å². The maximum Gasteiger partial charge on any atom is 0.303 e. The van der Waals surface area contributed by atoms with Gasteiger partial charge in [0.1, 0.15) is 48.0 Å². The van der Waals surface area contributed by atoms with Crippen LogP contribution in [0.3, 0.4) is 0 Å². The molecule has 2 rings (SSSR count). The largest absolute Gasteiger partial charge is 0.508 e. The molecule has 0 aliphatic carbocycles. The average molecular weight is 1040 g/mol. The van der Waals surface area contributed by atoms with E-state index in [1.165, 1.54) is 24.3 Å². The summed E-state index contributed by atoms with van der Waals surface area (Å²) in [5.41, 5.74) is 11.2. The van der Waals surface area contributed by atoms with Crippen LogP contribution in [-0.2, 0) is 59.2 Å². The molecule has 1 saturated heterocycles. The van der Waals surface area contributed by atoms with Crippen LogP contribution in [0.1, 0.15) is 122 Å². The molecule has 73 heavy (non-hydrogen) atoms. The minimum atomic E-state index is -1.98. The van der Waals surface area contributed by atoms with Crippen molar-refractivity contribution in [3.8, 4) is 5.75 Å². The van der Waals surface area contributed by atoms with Gasteiger partial charge in [0, 0.05) is 25.3 Å². The van der Waals surface area contributed by atoms with Crippen LogP contribution in [-0.4, -0.2) is 158 Å². The fourth-order valence-corrected chi connectivity index (χ4v) is 7.71. The molecule has 17 N–H and O–H groups in total. The number of aliphatic hydroxyl groups excluding tert-OH is 3. The summed E-state index contributed by atoms with van der Waals surface area (Å²) in [5, 5.41) is 68.6. The quantitative estimate of drug-likeness (QED) is 0.0473. The van der Waals surface area contributed by atoms with Gasteiger partial charge >= 0.3 is 5.97 Å². The van der Waals surface area contributed by atoms with E-state index in [2.05, 4.69) is 49.5 Å². The lowest BCUT2D eigenvalue weighted by atomic mass is 10.0. The van der Waals surface area contributed by atoms with Gasteiger partial charge in [-0.15, -0.1) is 0 Å². The Labute approximate surface area is 422 Å². The van der Waals surface area contributed by atoms with E-state index in [-0.39, 0.29) is 18.6 Å². The van der Waals surface area contributed by atoms with E-state index >= 15 is 0 Å². The van der Waals surface area contributed by atoms with E-state index in [4.69, 9.17) is 11.5 Å². The van der Waals surface area contributed by atoms with Gasteiger partial charge < -0.3 is 79.5 Å². The first kappa shape index (κ1) is 62.2. The third-order valence-corrected chi connectivity index (χ3v) is 11.8. The van der Waals surface area contributed by atoms with Gasteiger partial charge in [-0.1, -0.05) is 83.3 Å². The lowest BCUT2D eigenvalue weighted by Gasteiger charge is -2.28. The van der Waals surface area contributed by atoms with Crippen molar-refractivity contribution in [2.24, 2.45) is 11.5 Å². The van der Waals surface area contributed by atoms with Gasteiger partial charge in [-0.3, -0.25) is 52.7 Å². The van der Waals surface area contributed by atoms with Gasteiger partial charge in [0.15, 0.2) is 0 Å². The number of carbonyl (C=O) groups excluding carboxylic acids is 10. The van der Waals surface area contributed by atoms with E-state index in [0.717, 1.165) is 58.3 Å². The number of nitrogens with two attached hydrogens (primary N) is 2. The predicted octanol–water partition coefficient (Wildman–Crippen LogP) is -3.49. The van der Waals surface area contributed by atoms with Crippen molar-refractivity contribution in [1.82, 2.24) is 42.5 Å². The van der Waals surface area contributed by atoms with Crippen molar-refractivity contribution in [2.45, 2.75) is 177 Å². The number of rotatable bonds is 23. The molecule has 10 amide bonds. The number of amides is 10. The Morgan fingerprint density at radius 2 is 0.986 bits per heavy atom. The predicted molar refractivity (Wildman–Crippen MR) is 259 cm³/mol. The van der Waals surface area contributed by atoms with Crippen LogP contribution < -0.4 is 54.0 Å². The van der Waals surface area contributed by atoms with Crippen molar-refractivity contribution in [3.63, 3.8) is 0 Å². The number of primary amides is 2. The zero-order chi connectivity index (χ0) is 54.6. The number of phenols is 1. The number of carbonyl (C=O) groups is 11. The molecular weight excluding hydrogens is 961 g/mol. The summed E-state index contributed by atoms with van der Waals surface area (Å²) in [5.74, 6) is -13.2. The van der Waals surface area contributed by atoms with Gasteiger partial charge in [0.25, 0.3) is 0 Å². The van der Waals surface area contributed by atoms with Crippen molar-refractivity contribution >= 4 is 65.0 Å². The lowest BCUT2D eigenvalue weighted by Crippen LogP contribution is -2.62. The van der Waals surface area contributed by atoms with E-state index in [9.17, 15) is 78.3 Å². The molecule has 9 unspecified atom stereocenters. The van der Waals surface area contributed by atoms with Crippen molar-refractivity contribution < 1.29 is 78.3 Å². The standard InChI is InChI=1S/C47H74N10O16/c1-3-4-5-6-7-8-9-10-11-12-13-28-21-38(64)51-32(22-36(48)62)43(69)53-31(20-27-14-16-29(61)17-15-27)42(68)54-33(23-37(49)63)44(70)56-34(24-58)45(71)52-30(18-19-39(65)66)41(67)55-35(25-59)46(72)57-40(26(2)60)47(73)50-28/h14-17,26,28,30-35,40,58-61H,3-13,18-25H2,1-2H3,(H2,48,62)(H2,49,63)(H,50,73)(H,51,64)(H,52,71)(H,53,69)(H,54,68)(H,55,67)(H,56,70)(H,57,72)(H,65,66). The summed E-state index contributed by atoms with van der Waals surface area (Å²) in [6.45, 7) is 0.947. The molecule has 1 aliphatic rings. The smallest absolute Gasteiger partial charge is 0.303 e. The second kappa shape index (κ2) is 32.9. The van der Waals surface area contributed by atoms with E-state index in [1.54, 1.807) is 0 Å². The minimum absolute atomic E-state index is 0.160. The first-order valence-corrected chi connectivity index (χ1v) is 24.5. The highest BCUT2D eigenvalue weighted by molar-refractivity contribution is 5.99. The molecule has 9 atom stereocenters. The molecule has 1 aromatic rings. The van der Waals surface area contributed by atoms with Gasteiger partial charge in [-0.2, -0.15) is 0 Å². The van der Waals surface area contributed by atoms with Crippen LogP contribution in [0, 0.1) is 0 Å². The first-order chi connectivity index (χ1) is 34.6. The first-order valence-electron chi connectivity index (χ1n) is 24.5. The van der Waals surface area contributed by atoms with Crippen LogP contribution in [0.5, 0.6) is 5.75 Å². The Morgan fingerprint density at radius 3 is 1.48 bits per heavy atom. The Bertz CT molecular complexity index is 2040. The number of benzene rings is 1. The highest BCUT2D eigenvalue weighted by Gasteiger charge is 2.36. The number of aliphatic hydroxyl groups is 3. The maximum absolute atomic E-state index is 14.1. The summed E-state index contributed by atoms with van der Waals surface area (Å²) >= 11 is 0. The zero-order valence-electron chi connectivity index (χ0n) is 41.3. The number of unbranched alkanes of at least 4 members (excludes halogenated alkanes) is 9. The second-order valence-electron chi connectivity index (χ2n) is 18.0. The van der Waals surface area contributed by atoms with Crippen LogP contribution in [0.15, 0.2) is 24.3 Å². The summed E-state index contributed by atoms with van der Waals surface area (Å²) in [6.07, 6.45) is 4.03. The summed E-state index contributed by atoms with van der Waals surface area (Å²) < 4.78 is 0. The summed E-state index contributed by atoms with van der Waals surface area (Å²) in [7, 11) is 0. The Hall–Kier alpha value is -6.93. The molecule has 1 aromatic carbocycles. The number of carboxylic acid groups (broad SMARTS) is 1. The van der Waals surface area contributed by atoms with E-state index < -0.39 is 165 Å². The number of carboxylic acids is 1. The summed E-state index contributed by atoms with van der Waals surface area (Å²) in [6, 6.07) is -8.61. The highest BCUT2D eigenvalue weighted by atomic mass is 16.4. The highest BCUT2D eigenvalue weighted by Crippen LogP contribution is 2.15. The molecular formula is C47H74N10O16.